The molecule has 5 aromatic rings. The molecule has 0 unspecified atom stereocenters. The maximum atomic E-state index is 12.0. The Hall–Kier alpha value is -4.25. The minimum absolute atomic E-state index is 0.339. The third-order valence-electron chi connectivity index (χ3n) is 5.24. The van der Waals surface area contributed by atoms with Gasteiger partial charge in [0.2, 0.25) is 0 Å². The van der Waals surface area contributed by atoms with Crippen molar-refractivity contribution in [2.75, 3.05) is 6.61 Å². The summed E-state index contributed by atoms with van der Waals surface area (Å²) in [6.07, 6.45) is 3.94. The number of carbonyl (C=O) groups is 1. The van der Waals surface area contributed by atoms with Crippen molar-refractivity contribution in [1.29, 1.82) is 0 Å². The molecule has 2 aromatic heterocycles. The average Bonchev–Trinajstić information content (AvgIpc) is 3.27. The SMILES string of the molecule is CCOC(=O)c1ccc(-c2nc3ccccc3c3onc(/C=C/c4ccccc4)c23)cc1. The molecule has 0 aliphatic heterocycles. The smallest absolute Gasteiger partial charge is 0.338 e. The maximum Gasteiger partial charge on any atom is 0.338 e. The lowest BCUT2D eigenvalue weighted by Gasteiger charge is -2.07. The summed E-state index contributed by atoms with van der Waals surface area (Å²) in [4.78, 5) is 17.0. The molecule has 0 spiro atoms. The lowest BCUT2D eigenvalue weighted by Crippen LogP contribution is -2.04. The van der Waals surface area contributed by atoms with Gasteiger partial charge in [-0.3, -0.25) is 0 Å². The number of fused-ring (bicyclic) bond motifs is 3. The molecule has 0 bridgehead atoms. The molecule has 32 heavy (non-hydrogen) atoms. The molecule has 5 heteroatoms. The molecule has 0 N–H and O–H groups in total. The first-order valence-corrected chi connectivity index (χ1v) is 10.4. The van der Waals surface area contributed by atoms with Gasteiger partial charge in [-0.15, -0.1) is 0 Å². The monoisotopic (exact) mass is 420 g/mol. The van der Waals surface area contributed by atoms with Gasteiger partial charge in [0, 0.05) is 10.9 Å². The molecule has 0 saturated heterocycles. The van der Waals surface area contributed by atoms with Crippen LogP contribution in [-0.2, 0) is 4.74 Å². The summed E-state index contributed by atoms with van der Waals surface area (Å²) < 4.78 is 10.9. The maximum absolute atomic E-state index is 12.0. The highest BCUT2D eigenvalue weighted by Gasteiger charge is 2.18. The summed E-state index contributed by atoms with van der Waals surface area (Å²) >= 11 is 0. The number of hydrogen-bond donors (Lipinski definition) is 0. The van der Waals surface area contributed by atoms with Crippen molar-refractivity contribution in [3.63, 3.8) is 0 Å². The van der Waals surface area contributed by atoms with Gasteiger partial charge in [0.25, 0.3) is 0 Å². The third kappa shape index (κ3) is 3.65. The summed E-state index contributed by atoms with van der Waals surface area (Å²) in [7, 11) is 0. The summed E-state index contributed by atoms with van der Waals surface area (Å²) in [6, 6.07) is 25.1. The second kappa shape index (κ2) is 8.47. The number of hydrogen-bond acceptors (Lipinski definition) is 5. The van der Waals surface area contributed by atoms with Crippen molar-refractivity contribution in [2.45, 2.75) is 6.92 Å². The van der Waals surface area contributed by atoms with E-state index in [0.717, 1.165) is 33.1 Å². The first kappa shape index (κ1) is 19.7. The molecule has 5 rings (SSSR count). The van der Waals surface area contributed by atoms with Crippen molar-refractivity contribution in [3.05, 3.63) is 95.7 Å². The summed E-state index contributed by atoms with van der Waals surface area (Å²) in [6.45, 7) is 2.13. The van der Waals surface area contributed by atoms with Crippen LogP contribution in [0.5, 0.6) is 0 Å². The van der Waals surface area contributed by atoms with E-state index in [2.05, 4.69) is 5.16 Å². The van der Waals surface area contributed by atoms with Gasteiger partial charge in [0.15, 0.2) is 5.58 Å². The Bertz CT molecular complexity index is 1440. The molecule has 0 aliphatic rings. The normalized spacial score (nSPS) is 11.4. The molecular weight excluding hydrogens is 400 g/mol. The van der Waals surface area contributed by atoms with E-state index in [1.54, 1.807) is 19.1 Å². The number of ether oxygens (including phenoxy) is 1. The van der Waals surface area contributed by atoms with Gasteiger partial charge in [-0.25, -0.2) is 9.78 Å². The van der Waals surface area contributed by atoms with Gasteiger partial charge in [0.1, 0.15) is 5.69 Å². The van der Waals surface area contributed by atoms with E-state index in [1.807, 2.05) is 78.9 Å². The number of pyridine rings is 1. The van der Waals surface area contributed by atoms with E-state index >= 15 is 0 Å². The zero-order chi connectivity index (χ0) is 21.9. The van der Waals surface area contributed by atoms with Crippen LogP contribution >= 0.6 is 0 Å². The van der Waals surface area contributed by atoms with Crippen LogP contribution in [-0.4, -0.2) is 22.7 Å². The van der Waals surface area contributed by atoms with Gasteiger partial charge >= 0.3 is 5.97 Å². The molecule has 3 aromatic carbocycles. The Morgan fingerprint density at radius 1 is 0.938 bits per heavy atom. The molecule has 2 heterocycles. The van der Waals surface area contributed by atoms with Crippen LogP contribution in [0.2, 0.25) is 0 Å². The number of benzene rings is 3. The molecule has 0 aliphatic carbocycles. The van der Waals surface area contributed by atoms with Crippen LogP contribution in [0.4, 0.5) is 0 Å². The zero-order valence-corrected chi connectivity index (χ0v) is 17.5. The quantitative estimate of drug-likeness (QED) is 0.308. The molecule has 0 saturated carbocycles. The Morgan fingerprint density at radius 2 is 1.69 bits per heavy atom. The minimum atomic E-state index is -0.341. The van der Waals surface area contributed by atoms with Crippen LogP contribution in [0.15, 0.2) is 83.4 Å². The lowest BCUT2D eigenvalue weighted by atomic mass is 10.0. The highest BCUT2D eigenvalue weighted by atomic mass is 16.5. The zero-order valence-electron chi connectivity index (χ0n) is 17.5. The van der Waals surface area contributed by atoms with Crippen molar-refractivity contribution in [2.24, 2.45) is 0 Å². The molecule has 0 amide bonds. The Balaban J connectivity index is 1.67. The number of aromatic nitrogens is 2. The standard InChI is InChI=1S/C27H20N2O3/c1-2-31-27(30)20-15-13-19(14-16-20)25-24-23(17-12-18-8-4-3-5-9-18)29-32-26(24)21-10-6-7-11-22(21)28-25/h3-17H,2H2,1H3/b17-12+. The number of carbonyl (C=O) groups excluding carboxylic acids is 1. The van der Waals surface area contributed by atoms with Crippen LogP contribution < -0.4 is 0 Å². The fraction of sp³-hybridized carbons (Fsp3) is 0.0741. The van der Waals surface area contributed by atoms with Crippen molar-refractivity contribution in [1.82, 2.24) is 10.1 Å². The first-order chi connectivity index (χ1) is 15.7. The number of rotatable bonds is 5. The van der Waals surface area contributed by atoms with E-state index in [9.17, 15) is 4.79 Å². The highest BCUT2D eigenvalue weighted by Crippen LogP contribution is 2.35. The Labute approximate surface area is 185 Å². The van der Waals surface area contributed by atoms with Crippen LogP contribution in [0.3, 0.4) is 0 Å². The first-order valence-electron chi connectivity index (χ1n) is 10.4. The molecule has 156 valence electrons. The van der Waals surface area contributed by atoms with E-state index in [-0.39, 0.29) is 5.97 Å². The van der Waals surface area contributed by atoms with Gasteiger partial charge in [-0.2, -0.15) is 0 Å². The minimum Gasteiger partial charge on any atom is -0.462 e. The molecular formula is C27H20N2O3. The van der Waals surface area contributed by atoms with Crippen LogP contribution in [0.25, 0.3) is 45.3 Å². The number of esters is 1. The largest absolute Gasteiger partial charge is 0.462 e. The van der Waals surface area contributed by atoms with Crippen molar-refractivity contribution < 1.29 is 14.1 Å². The average molecular weight is 420 g/mol. The van der Waals surface area contributed by atoms with Crippen molar-refractivity contribution >= 4 is 40.0 Å². The number of nitrogens with zero attached hydrogens (tertiary/aromatic N) is 2. The fourth-order valence-electron chi connectivity index (χ4n) is 3.70. The number of para-hydroxylation sites is 1. The third-order valence-corrected chi connectivity index (χ3v) is 5.24. The Morgan fingerprint density at radius 3 is 2.47 bits per heavy atom. The predicted octanol–water partition coefficient (Wildman–Crippen LogP) is 6.39. The Kier molecular flexibility index (Phi) is 5.22. The van der Waals surface area contributed by atoms with E-state index < -0.39 is 0 Å². The van der Waals surface area contributed by atoms with Gasteiger partial charge < -0.3 is 9.26 Å². The lowest BCUT2D eigenvalue weighted by molar-refractivity contribution is 0.0526. The molecule has 0 radical (unpaired) electrons. The molecule has 5 nitrogen and oxygen atoms in total. The topological polar surface area (TPSA) is 65.2 Å². The second-order valence-corrected chi connectivity index (χ2v) is 7.29. The predicted molar refractivity (Wildman–Crippen MR) is 126 cm³/mol. The molecule has 0 atom stereocenters. The van der Waals surface area contributed by atoms with Gasteiger partial charge in [0.05, 0.1) is 28.8 Å². The summed E-state index contributed by atoms with van der Waals surface area (Å²) in [5.74, 6) is -0.341. The van der Waals surface area contributed by atoms with Crippen LogP contribution in [0, 0.1) is 0 Å². The van der Waals surface area contributed by atoms with Crippen LogP contribution in [0.1, 0.15) is 28.5 Å². The summed E-state index contributed by atoms with van der Waals surface area (Å²) in [5.41, 5.74) is 5.40. The van der Waals surface area contributed by atoms with E-state index in [4.69, 9.17) is 14.2 Å². The summed E-state index contributed by atoms with van der Waals surface area (Å²) in [5, 5.41) is 6.08. The molecule has 0 fully saturated rings. The fourth-order valence-corrected chi connectivity index (χ4v) is 3.70. The van der Waals surface area contributed by atoms with E-state index in [1.165, 1.54) is 0 Å². The van der Waals surface area contributed by atoms with Gasteiger partial charge in [-0.05, 0) is 42.8 Å². The second-order valence-electron chi connectivity index (χ2n) is 7.29. The van der Waals surface area contributed by atoms with Crippen molar-refractivity contribution in [3.8, 4) is 11.3 Å². The van der Waals surface area contributed by atoms with E-state index in [0.29, 0.717) is 23.4 Å². The van der Waals surface area contributed by atoms with Gasteiger partial charge in [-0.1, -0.05) is 65.8 Å². The highest BCUT2D eigenvalue weighted by molar-refractivity contribution is 6.10.